The van der Waals surface area contributed by atoms with Crippen LogP contribution in [0.2, 0.25) is 0 Å². The fourth-order valence-corrected chi connectivity index (χ4v) is 3.24. The van der Waals surface area contributed by atoms with Crippen molar-refractivity contribution in [2.24, 2.45) is 0 Å². The van der Waals surface area contributed by atoms with Gasteiger partial charge in [-0.3, -0.25) is 0 Å². The van der Waals surface area contributed by atoms with Crippen LogP contribution in [0.5, 0.6) is 11.5 Å². The molecule has 3 heteroatoms. The molecule has 0 aromatic heterocycles. The van der Waals surface area contributed by atoms with E-state index in [1.807, 2.05) is 12.1 Å². The average molecular weight is 363 g/mol. The first-order chi connectivity index (χ1) is 13.1. The first kappa shape index (κ1) is 21.3. The Morgan fingerprint density at radius 1 is 0.778 bits per heavy atom. The second-order valence-corrected chi connectivity index (χ2v) is 7.54. The van der Waals surface area contributed by atoms with E-state index in [1.165, 1.54) is 49.4 Å². The van der Waals surface area contributed by atoms with Crippen LogP contribution >= 0.6 is 0 Å². The molecule has 0 atom stereocenters. The van der Waals surface area contributed by atoms with Crippen molar-refractivity contribution in [2.45, 2.75) is 64.7 Å². The van der Waals surface area contributed by atoms with Gasteiger partial charge >= 0.3 is 114 Å². The molecule has 2 rings (SSSR count). The minimum absolute atomic E-state index is 0.0945. The topological polar surface area (TPSA) is 18.5 Å². The molecule has 143 valence electrons. The molecule has 0 saturated carbocycles. The van der Waals surface area contributed by atoms with Crippen molar-refractivity contribution in [2.75, 3.05) is 6.61 Å². The Morgan fingerprint density at radius 3 is 1.85 bits per heavy atom. The van der Waals surface area contributed by atoms with E-state index in [0.717, 1.165) is 24.5 Å². The van der Waals surface area contributed by atoms with Crippen molar-refractivity contribution in [3.63, 3.8) is 0 Å². The molecule has 0 heterocycles. The summed E-state index contributed by atoms with van der Waals surface area (Å²) in [5.74, 6) is 1.70. The fourth-order valence-electron chi connectivity index (χ4n) is 3.24. The van der Waals surface area contributed by atoms with Crippen molar-refractivity contribution in [1.29, 1.82) is 0 Å². The van der Waals surface area contributed by atoms with E-state index in [1.54, 1.807) is 0 Å². The Balaban J connectivity index is 1.88. The van der Waals surface area contributed by atoms with E-state index < -0.39 is 0 Å². The van der Waals surface area contributed by atoms with Crippen LogP contribution in [-0.2, 0) is 5.41 Å². The molecule has 0 amide bonds. The van der Waals surface area contributed by atoms with Crippen LogP contribution in [-0.4, -0.2) is 20.2 Å². The summed E-state index contributed by atoms with van der Waals surface area (Å²) >= 11 is 0. The molecular formula is C24H32BO2. The second-order valence-electron chi connectivity index (χ2n) is 7.54. The maximum absolute atomic E-state index is 5.90. The molecule has 1 radical (unpaired) electrons. The number of unbranched alkanes of at least 4 members (excludes halogenated alkanes) is 5. The molecule has 0 fully saturated rings. The van der Waals surface area contributed by atoms with Crippen LogP contribution < -0.4 is 9.47 Å². The summed E-state index contributed by atoms with van der Waals surface area (Å²) in [4.78, 5) is 0. The predicted octanol–water partition coefficient (Wildman–Crippen LogP) is 6.06. The zero-order valence-corrected chi connectivity index (χ0v) is 17.0. The zero-order valence-electron chi connectivity index (χ0n) is 17.0. The van der Waals surface area contributed by atoms with Gasteiger partial charge in [-0.05, 0) is 6.42 Å². The van der Waals surface area contributed by atoms with Gasteiger partial charge in [0.15, 0.2) is 0 Å². The van der Waals surface area contributed by atoms with Crippen LogP contribution in [0.25, 0.3) is 0 Å². The number of rotatable bonds is 12. The van der Waals surface area contributed by atoms with Crippen LogP contribution in [0.4, 0.5) is 0 Å². The molecule has 0 saturated heterocycles. The summed E-state index contributed by atoms with van der Waals surface area (Å²) in [6, 6.07) is 16.5. The molecule has 0 aliphatic rings. The van der Waals surface area contributed by atoms with E-state index in [9.17, 15) is 0 Å². The molecule has 2 aromatic carbocycles. The van der Waals surface area contributed by atoms with E-state index in [-0.39, 0.29) is 5.41 Å². The number of benzene rings is 2. The van der Waals surface area contributed by atoms with Gasteiger partial charge in [0.1, 0.15) is 0 Å². The molecular weight excluding hydrogens is 331 g/mol. The van der Waals surface area contributed by atoms with Gasteiger partial charge < -0.3 is 0 Å². The molecule has 2 aromatic rings. The van der Waals surface area contributed by atoms with E-state index in [4.69, 9.17) is 17.0 Å². The Bertz CT molecular complexity index is 675. The molecule has 0 unspecified atom stereocenters. The third-order valence-corrected chi connectivity index (χ3v) is 5.12. The molecule has 2 nitrogen and oxygen atoms in total. The summed E-state index contributed by atoms with van der Waals surface area (Å²) in [5.41, 5.74) is 2.39. The molecule has 27 heavy (non-hydrogen) atoms. The van der Waals surface area contributed by atoms with Gasteiger partial charge in [0.2, 0.25) is 0 Å². The molecule has 0 aliphatic carbocycles. The van der Waals surface area contributed by atoms with Crippen molar-refractivity contribution >= 4 is 13.6 Å². The molecule has 0 spiro atoms. The maximum atomic E-state index is 5.90. The summed E-state index contributed by atoms with van der Waals surface area (Å²) in [7, 11) is 5.30. The van der Waals surface area contributed by atoms with Gasteiger partial charge in [-0.15, -0.1) is 0 Å². The van der Waals surface area contributed by atoms with Crippen molar-refractivity contribution < 1.29 is 9.47 Å². The molecule has 0 N–H and O–H groups in total. The van der Waals surface area contributed by atoms with Crippen LogP contribution in [0.15, 0.2) is 48.5 Å². The summed E-state index contributed by atoms with van der Waals surface area (Å²) in [6.45, 7) is 7.50. The summed E-state index contributed by atoms with van der Waals surface area (Å²) in [5, 5.41) is 0. The van der Waals surface area contributed by atoms with Gasteiger partial charge in [0, 0.05) is 0 Å². The molecule has 0 aliphatic heterocycles. The van der Waals surface area contributed by atoms with Gasteiger partial charge in [-0.2, -0.15) is 0 Å². The fraction of sp³-hybridized carbons (Fsp3) is 0.458. The number of hydrogen-bond acceptors (Lipinski definition) is 2. The van der Waals surface area contributed by atoms with Crippen molar-refractivity contribution in [1.82, 2.24) is 0 Å². The van der Waals surface area contributed by atoms with Crippen LogP contribution in [0.3, 0.4) is 0 Å². The Labute approximate surface area is 166 Å². The van der Waals surface area contributed by atoms with Gasteiger partial charge in [-0.25, -0.2) is 0 Å². The first-order valence-corrected chi connectivity index (χ1v) is 10.1. The Hall–Kier alpha value is -2.03. The van der Waals surface area contributed by atoms with Gasteiger partial charge in [-0.1, -0.05) is 39.0 Å². The Morgan fingerprint density at radius 2 is 1.30 bits per heavy atom. The zero-order chi connectivity index (χ0) is 19.5. The van der Waals surface area contributed by atoms with E-state index in [0.29, 0.717) is 0 Å². The van der Waals surface area contributed by atoms with Gasteiger partial charge in [0.25, 0.3) is 0 Å². The Kier molecular flexibility index (Phi) is 8.64. The standard InChI is InChI=1S/C24H32BO2/c1-4-5-6-7-8-9-18-26-22-14-10-20(11-15-22)24(2,3)21-12-16-23(17-13-21)27-19-25/h10-17,19H,4-9,18H2,1-3H3. The number of ether oxygens (including phenoxy) is 2. The van der Waals surface area contributed by atoms with Crippen LogP contribution in [0.1, 0.15) is 70.4 Å². The average Bonchev–Trinajstić information content (AvgIpc) is 2.68. The predicted molar refractivity (Wildman–Crippen MR) is 116 cm³/mol. The molecule has 0 bridgehead atoms. The van der Waals surface area contributed by atoms with Gasteiger partial charge in [0.05, 0.1) is 6.61 Å². The normalized spacial score (nSPS) is 11.2. The quantitative estimate of drug-likeness (QED) is 0.337. The number of hydrogen-bond donors (Lipinski definition) is 0. The van der Waals surface area contributed by atoms with E-state index in [2.05, 4.69) is 57.2 Å². The summed E-state index contributed by atoms with van der Waals surface area (Å²) in [6.07, 6.45) is 8.89. The SMILES string of the molecule is [B]=COc1ccc(C(C)(C)c2ccc(OCCCCCCCC)cc2)cc1. The second kappa shape index (κ2) is 11.0. The third kappa shape index (κ3) is 6.57. The summed E-state index contributed by atoms with van der Waals surface area (Å²) < 4.78 is 11.1. The van der Waals surface area contributed by atoms with E-state index >= 15 is 0 Å². The van der Waals surface area contributed by atoms with Crippen LogP contribution in [0, 0.1) is 0 Å². The monoisotopic (exact) mass is 363 g/mol. The van der Waals surface area contributed by atoms with Crippen molar-refractivity contribution in [3.05, 3.63) is 59.7 Å². The van der Waals surface area contributed by atoms with Crippen molar-refractivity contribution in [3.8, 4) is 11.5 Å². The minimum atomic E-state index is -0.0945. The first-order valence-electron chi connectivity index (χ1n) is 10.1. The third-order valence-electron chi connectivity index (χ3n) is 5.12.